The van der Waals surface area contributed by atoms with Crippen LogP contribution in [0.4, 0.5) is 11.5 Å². The first-order valence-electron chi connectivity index (χ1n) is 9.61. The summed E-state index contributed by atoms with van der Waals surface area (Å²) in [6, 6.07) is 8.93. The molecular weight excluding hydrogens is 398 g/mol. The average Bonchev–Trinajstić information content (AvgIpc) is 3.08. The highest BCUT2D eigenvalue weighted by Gasteiger charge is 2.21. The molecular formula is C23H27N3O3S. The molecule has 0 aliphatic heterocycles. The van der Waals surface area contributed by atoms with Crippen LogP contribution in [0.3, 0.4) is 0 Å². The van der Waals surface area contributed by atoms with Gasteiger partial charge in [0, 0.05) is 18.0 Å². The highest BCUT2D eigenvalue weighted by molar-refractivity contribution is 7.91. The Morgan fingerprint density at radius 3 is 2.67 bits per heavy atom. The minimum absolute atomic E-state index is 0.0415. The third-order valence-electron chi connectivity index (χ3n) is 5.15. The number of benzene rings is 2. The number of aromatic nitrogens is 1. The predicted molar refractivity (Wildman–Crippen MR) is 126 cm³/mol. The number of ether oxygens (including phenoxy) is 1. The van der Waals surface area contributed by atoms with Crippen LogP contribution in [0.15, 0.2) is 53.5 Å². The second-order valence-corrected chi connectivity index (χ2v) is 9.26. The molecule has 0 aliphatic rings. The molecule has 0 radical (unpaired) electrons. The Hall–Kier alpha value is -3.19. The number of hydrogen-bond acceptors (Lipinski definition) is 5. The molecule has 3 aromatic rings. The monoisotopic (exact) mass is 425 g/mol. The molecule has 4 N–H and O–H groups in total. The lowest BCUT2D eigenvalue weighted by Crippen LogP contribution is -2.03. The van der Waals surface area contributed by atoms with E-state index in [1.54, 1.807) is 45.4 Å². The van der Waals surface area contributed by atoms with Gasteiger partial charge in [-0.05, 0) is 42.3 Å². The summed E-state index contributed by atoms with van der Waals surface area (Å²) in [5, 5.41) is 4.01. The number of nitrogens with two attached hydrogens (primary N) is 1. The second-order valence-electron chi connectivity index (χ2n) is 6.98. The van der Waals surface area contributed by atoms with Crippen LogP contribution in [-0.4, -0.2) is 33.3 Å². The van der Waals surface area contributed by atoms with Gasteiger partial charge in [0.15, 0.2) is 15.6 Å². The van der Waals surface area contributed by atoms with Gasteiger partial charge >= 0.3 is 0 Å². The van der Waals surface area contributed by atoms with Crippen LogP contribution in [0.1, 0.15) is 19.4 Å². The smallest absolute Gasteiger partial charge is 0.178 e. The van der Waals surface area contributed by atoms with E-state index in [9.17, 15) is 8.42 Å². The molecule has 0 saturated carbocycles. The number of rotatable bonds is 7. The fraction of sp³-hybridized carbons (Fsp3) is 0.217. The van der Waals surface area contributed by atoms with Crippen molar-refractivity contribution in [2.24, 2.45) is 0 Å². The Balaban J connectivity index is 2.45. The van der Waals surface area contributed by atoms with E-state index < -0.39 is 9.84 Å². The fourth-order valence-corrected chi connectivity index (χ4v) is 4.41. The average molecular weight is 426 g/mol. The standard InChI is InChI=1S/C23H27N3O3S/c1-6-14(3)11-18-20-17(15-9-8-10-16(12-15)30(27,28)7-2)13-19(25-4)22(29-5)21(20)26-23(18)24/h6,8-13,25-26H,1,7,24H2,2-5H3/b14-11-. The van der Waals surface area contributed by atoms with Crippen molar-refractivity contribution in [1.82, 2.24) is 4.98 Å². The molecule has 0 fully saturated rings. The summed E-state index contributed by atoms with van der Waals surface area (Å²) in [7, 11) is 0.0720. The van der Waals surface area contributed by atoms with E-state index in [1.165, 1.54) is 0 Å². The summed E-state index contributed by atoms with van der Waals surface area (Å²) in [4.78, 5) is 3.52. The molecule has 0 spiro atoms. The molecule has 0 atom stereocenters. The summed E-state index contributed by atoms with van der Waals surface area (Å²) in [6.07, 6.45) is 3.71. The minimum atomic E-state index is -3.34. The zero-order chi connectivity index (χ0) is 22.1. The number of nitrogen functional groups attached to an aromatic ring is 1. The fourth-order valence-electron chi connectivity index (χ4n) is 3.49. The van der Waals surface area contributed by atoms with Crippen molar-refractivity contribution in [3.63, 3.8) is 0 Å². The van der Waals surface area contributed by atoms with Crippen molar-refractivity contribution in [2.45, 2.75) is 18.7 Å². The molecule has 30 heavy (non-hydrogen) atoms. The maximum Gasteiger partial charge on any atom is 0.178 e. The Bertz CT molecular complexity index is 1250. The zero-order valence-electron chi connectivity index (χ0n) is 17.7. The summed E-state index contributed by atoms with van der Waals surface area (Å²) in [5.41, 5.74) is 11.2. The number of nitrogens with one attached hydrogen (secondary N) is 2. The van der Waals surface area contributed by atoms with Crippen molar-refractivity contribution < 1.29 is 13.2 Å². The van der Waals surface area contributed by atoms with Crippen LogP contribution in [0.5, 0.6) is 5.75 Å². The first kappa shape index (κ1) is 21.5. The molecule has 7 heteroatoms. The number of H-pyrrole nitrogens is 1. The molecule has 1 heterocycles. The van der Waals surface area contributed by atoms with Crippen LogP contribution in [0, 0.1) is 0 Å². The maximum atomic E-state index is 12.4. The zero-order valence-corrected chi connectivity index (χ0v) is 18.5. The van der Waals surface area contributed by atoms with E-state index in [2.05, 4.69) is 16.9 Å². The van der Waals surface area contributed by atoms with Crippen LogP contribution in [-0.2, 0) is 9.84 Å². The molecule has 1 aromatic heterocycles. The summed E-state index contributed by atoms with van der Waals surface area (Å²) in [5.74, 6) is 1.17. The topological polar surface area (TPSA) is 97.2 Å². The van der Waals surface area contributed by atoms with Gasteiger partial charge < -0.3 is 20.8 Å². The first-order valence-corrected chi connectivity index (χ1v) is 11.3. The second kappa shape index (κ2) is 8.28. The lowest BCUT2D eigenvalue weighted by atomic mass is 9.96. The molecule has 0 bridgehead atoms. The minimum Gasteiger partial charge on any atom is -0.492 e. The largest absolute Gasteiger partial charge is 0.492 e. The molecule has 2 aromatic carbocycles. The number of aromatic amines is 1. The van der Waals surface area contributed by atoms with Gasteiger partial charge in [-0.25, -0.2) is 8.42 Å². The van der Waals surface area contributed by atoms with Crippen molar-refractivity contribution in [3.05, 3.63) is 54.1 Å². The predicted octanol–water partition coefficient (Wildman–Crippen LogP) is 4.85. The van der Waals surface area contributed by atoms with Crippen molar-refractivity contribution >= 4 is 38.3 Å². The first-order chi connectivity index (χ1) is 14.3. The molecule has 0 aliphatic carbocycles. The van der Waals surface area contributed by atoms with E-state index >= 15 is 0 Å². The highest BCUT2D eigenvalue weighted by atomic mass is 32.2. The van der Waals surface area contributed by atoms with Crippen molar-refractivity contribution in [1.29, 1.82) is 0 Å². The van der Waals surface area contributed by atoms with E-state index in [1.807, 2.05) is 25.1 Å². The summed E-state index contributed by atoms with van der Waals surface area (Å²) in [6.45, 7) is 7.40. The molecule has 6 nitrogen and oxygen atoms in total. The number of fused-ring (bicyclic) bond motifs is 1. The lowest BCUT2D eigenvalue weighted by Gasteiger charge is -2.14. The van der Waals surface area contributed by atoms with E-state index in [0.29, 0.717) is 16.5 Å². The molecule has 0 amide bonds. The highest BCUT2D eigenvalue weighted by Crippen LogP contribution is 2.44. The van der Waals surface area contributed by atoms with Gasteiger partial charge in [-0.3, -0.25) is 0 Å². The van der Waals surface area contributed by atoms with Gasteiger partial charge in [-0.2, -0.15) is 0 Å². The molecule has 3 rings (SSSR count). The Morgan fingerprint density at radius 1 is 1.33 bits per heavy atom. The number of hydrogen-bond donors (Lipinski definition) is 3. The molecule has 0 saturated heterocycles. The van der Waals surface area contributed by atoms with E-state index in [-0.39, 0.29) is 5.75 Å². The van der Waals surface area contributed by atoms with E-state index in [4.69, 9.17) is 10.5 Å². The van der Waals surface area contributed by atoms with Crippen molar-refractivity contribution in [3.8, 4) is 16.9 Å². The van der Waals surface area contributed by atoms with Gasteiger partial charge in [0.2, 0.25) is 0 Å². The van der Waals surface area contributed by atoms with Crippen LogP contribution in [0.25, 0.3) is 28.1 Å². The van der Waals surface area contributed by atoms with Gasteiger partial charge in [-0.15, -0.1) is 0 Å². The Labute approximate surface area is 177 Å². The summed E-state index contributed by atoms with van der Waals surface area (Å²) < 4.78 is 30.5. The van der Waals surface area contributed by atoms with Crippen LogP contribution in [0.2, 0.25) is 0 Å². The molecule has 0 unspecified atom stereocenters. The third-order valence-corrected chi connectivity index (χ3v) is 6.88. The van der Waals surface area contributed by atoms with Crippen LogP contribution < -0.4 is 15.8 Å². The maximum absolute atomic E-state index is 12.4. The normalized spacial score (nSPS) is 12.2. The number of allylic oxidation sites excluding steroid dienone is 2. The molecule has 158 valence electrons. The Kier molecular flexibility index (Phi) is 5.94. The number of anilines is 2. The number of methoxy groups -OCH3 is 1. The quantitative estimate of drug-likeness (QED) is 0.470. The summed E-state index contributed by atoms with van der Waals surface area (Å²) >= 11 is 0. The van der Waals surface area contributed by atoms with Gasteiger partial charge in [0.1, 0.15) is 5.82 Å². The van der Waals surface area contributed by atoms with Gasteiger partial charge in [-0.1, -0.05) is 37.3 Å². The number of sulfone groups is 1. The van der Waals surface area contributed by atoms with Crippen LogP contribution >= 0.6 is 0 Å². The lowest BCUT2D eigenvalue weighted by molar-refractivity contribution is 0.421. The SMILES string of the molecule is C=C/C(C)=C\c1c(N)[nH]c2c(OC)c(NC)cc(-c3cccc(S(=O)(=O)CC)c3)c12. The Morgan fingerprint density at radius 2 is 2.07 bits per heavy atom. The van der Waals surface area contributed by atoms with E-state index in [0.717, 1.165) is 38.9 Å². The van der Waals surface area contributed by atoms with Crippen molar-refractivity contribution in [2.75, 3.05) is 31.0 Å². The third kappa shape index (κ3) is 3.68. The van der Waals surface area contributed by atoms with Gasteiger partial charge in [0.05, 0.1) is 29.0 Å². The van der Waals surface area contributed by atoms with Gasteiger partial charge in [0.25, 0.3) is 0 Å².